The molecule has 0 aliphatic carbocycles. The van der Waals surface area contributed by atoms with E-state index in [0.717, 1.165) is 12.8 Å². The number of rotatable bonds is 3. The van der Waals surface area contributed by atoms with Gasteiger partial charge in [0.1, 0.15) is 0 Å². The molecule has 0 nitrogen and oxygen atoms in total. The topological polar surface area (TPSA) is 0 Å². The molecule has 0 aromatic rings. The van der Waals surface area contributed by atoms with Crippen LogP contribution >= 0.6 is 0 Å². The van der Waals surface area contributed by atoms with Gasteiger partial charge in [-0.25, -0.2) is 0 Å². The van der Waals surface area contributed by atoms with Crippen LogP contribution in [-0.4, -0.2) is 0 Å². The smallest absolute Gasteiger partial charge is 0.0158 e. The van der Waals surface area contributed by atoms with Gasteiger partial charge in [0.15, 0.2) is 0 Å². The molecule has 0 radical (unpaired) electrons. The van der Waals surface area contributed by atoms with E-state index in [1.54, 1.807) is 6.08 Å². The minimum absolute atomic E-state index is 0.956. The van der Waals surface area contributed by atoms with Gasteiger partial charge in [0.05, 0.1) is 0 Å². The molecule has 0 amide bonds. The first kappa shape index (κ1) is 8.04. The third-order valence-electron chi connectivity index (χ3n) is 0.889. The molecule has 0 rings (SSSR count). The summed E-state index contributed by atoms with van der Waals surface area (Å²) in [6, 6.07) is 0. The Morgan fingerprint density at radius 3 is 2.67 bits per heavy atom. The highest BCUT2D eigenvalue weighted by atomic mass is 13.7. The molecule has 0 aromatic heterocycles. The second-order valence-corrected chi connectivity index (χ2v) is 1.68. The van der Waals surface area contributed by atoms with E-state index < -0.39 is 0 Å². The molecule has 0 spiro atoms. The summed E-state index contributed by atoms with van der Waals surface area (Å²) in [5, 5.41) is 0. The molecule has 0 atom stereocenters. The summed E-state index contributed by atoms with van der Waals surface area (Å²) in [6.45, 7) is 2.11. The van der Waals surface area contributed by atoms with Crippen LogP contribution in [0.2, 0.25) is 0 Å². The average molecular weight is 120 g/mol. The van der Waals surface area contributed by atoms with Crippen molar-refractivity contribution in [3.63, 3.8) is 0 Å². The lowest BCUT2D eigenvalue weighted by Gasteiger charge is -1.77. The van der Waals surface area contributed by atoms with Crippen molar-refractivity contribution in [2.24, 2.45) is 0 Å². The number of hydrogen-bond donors (Lipinski definition) is 0. The summed E-state index contributed by atoms with van der Waals surface area (Å²) in [5.74, 6) is 2.43. The SMILES string of the molecule is C#CC=CCC=CCC. The summed E-state index contributed by atoms with van der Waals surface area (Å²) in [7, 11) is 0. The Morgan fingerprint density at radius 2 is 2.11 bits per heavy atom. The molecule has 0 unspecified atom stereocenters. The quantitative estimate of drug-likeness (QED) is 0.396. The molecule has 48 valence electrons. The van der Waals surface area contributed by atoms with E-state index in [1.807, 2.05) is 6.08 Å². The van der Waals surface area contributed by atoms with E-state index >= 15 is 0 Å². The zero-order valence-electron chi connectivity index (χ0n) is 5.80. The second kappa shape index (κ2) is 7.04. The summed E-state index contributed by atoms with van der Waals surface area (Å²) in [6.07, 6.45) is 15.0. The molecule has 0 aliphatic rings. The lowest BCUT2D eigenvalue weighted by atomic mass is 10.3. The fourth-order valence-electron chi connectivity index (χ4n) is 0.478. The highest BCUT2D eigenvalue weighted by molar-refractivity contribution is 5.10. The highest BCUT2D eigenvalue weighted by Crippen LogP contribution is 1.86. The van der Waals surface area contributed by atoms with Crippen molar-refractivity contribution in [2.75, 3.05) is 0 Å². The van der Waals surface area contributed by atoms with Crippen LogP contribution in [0.15, 0.2) is 24.3 Å². The van der Waals surface area contributed by atoms with E-state index in [2.05, 4.69) is 25.0 Å². The van der Waals surface area contributed by atoms with Crippen LogP contribution in [0.1, 0.15) is 19.8 Å². The maximum atomic E-state index is 4.98. The van der Waals surface area contributed by atoms with Crippen molar-refractivity contribution in [3.8, 4) is 12.3 Å². The molecule has 9 heavy (non-hydrogen) atoms. The molecule has 0 aromatic carbocycles. The lowest BCUT2D eigenvalue weighted by Crippen LogP contribution is -1.57. The third kappa shape index (κ3) is 7.04. The predicted octanol–water partition coefficient (Wildman–Crippen LogP) is 2.53. The minimum Gasteiger partial charge on any atom is -0.115 e. The van der Waals surface area contributed by atoms with Crippen LogP contribution in [-0.2, 0) is 0 Å². The number of terminal acetylenes is 1. The minimum atomic E-state index is 0.956. The number of allylic oxidation sites excluding steroid dienone is 4. The van der Waals surface area contributed by atoms with Gasteiger partial charge in [-0.3, -0.25) is 0 Å². The molecule has 0 aliphatic heterocycles. The van der Waals surface area contributed by atoms with Crippen LogP contribution < -0.4 is 0 Å². The zero-order chi connectivity index (χ0) is 6.95. The first-order valence-corrected chi connectivity index (χ1v) is 3.18. The monoisotopic (exact) mass is 120 g/mol. The lowest BCUT2D eigenvalue weighted by molar-refractivity contribution is 1.20. The van der Waals surface area contributed by atoms with Crippen LogP contribution in [0.4, 0.5) is 0 Å². The number of hydrogen-bond acceptors (Lipinski definition) is 0. The molecule has 0 bridgehead atoms. The Morgan fingerprint density at radius 1 is 1.33 bits per heavy atom. The van der Waals surface area contributed by atoms with Gasteiger partial charge in [-0.05, 0) is 18.9 Å². The van der Waals surface area contributed by atoms with E-state index in [9.17, 15) is 0 Å². The fraction of sp³-hybridized carbons (Fsp3) is 0.333. The third-order valence-corrected chi connectivity index (χ3v) is 0.889. The van der Waals surface area contributed by atoms with Crippen LogP contribution in [0, 0.1) is 12.3 Å². The van der Waals surface area contributed by atoms with Crippen LogP contribution in [0.25, 0.3) is 0 Å². The zero-order valence-corrected chi connectivity index (χ0v) is 5.80. The molecule has 0 heteroatoms. The van der Waals surface area contributed by atoms with E-state index in [0.29, 0.717) is 0 Å². The van der Waals surface area contributed by atoms with Gasteiger partial charge in [0.25, 0.3) is 0 Å². The van der Waals surface area contributed by atoms with Gasteiger partial charge in [0, 0.05) is 0 Å². The molecular formula is C9H12. The van der Waals surface area contributed by atoms with Crippen LogP contribution in [0.5, 0.6) is 0 Å². The summed E-state index contributed by atoms with van der Waals surface area (Å²) in [4.78, 5) is 0. The molecule has 0 N–H and O–H groups in total. The predicted molar refractivity (Wildman–Crippen MR) is 42.0 cm³/mol. The Hall–Kier alpha value is -0.960. The van der Waals surface area contributed by atoms with Gasteiger partial charge in [-0.1, -0.05) is 31.1 Å². The van der Waals surface area contributed by atoms with Crippen molar-refractivity contribution < 1.29 is 0 Å². The van der Waals surface area contributed by atoms with Gasteiger partial charge in [-0.15, -0.1) is 6.42 Å². The standard InChI is InChI=1S/C9H12/c1-3-5-7-9-8-6-4-2/h1,5-8H,4,9H2,2H3. The maximum absolute atomic E-state index is 4.98. The molecular weight excluding hydrogens is 108 g/mol. The Bertz CT molecular complexity index is 133. The van der Waals surface area contributed by atoms with E-state index in [1.165, 1.54) is 0 Å². The van der Waals surface area contributed by atoms with Gasteiger partial charge < -0.3 is 0 Å². The van der Waals surface area contributed by atoms with Gasteiger partial charge in [0.2, 0.25) is 0 Å². The van der Waals surface area contributed by atoms with Crippen molar-refractivity contribution in [2.45, 2.75) is 19.8 Å². The average Bonchev–Trinajstić information content (AvgIpc) is 1.89. The first-order chi connectivity index (χ1) is 4.41. The molecule has 0 saturated heterocycles. The second-order valence-electron chi connectivity index (χ2n) is 1.68. The van der Waals surface area contributed by atoms with Crippen molar-refractivity contribution >= 4 is 0 Å². The maximum Gasteiger partial charge on any atom is -0.0158 e. The van der Waals surface area contributed by atoms with E-state index in [4.69, 9.17) is 6.42 Å². The molecule has 0 heterocycles. The summed E-state index contributed by atoms with van der Waals surface area (Å²) >= 11 is 0. The van der Waals surface area contributed by atoms with Gasteiger partial charge >= 0.3 is 0 Å². The first-order valence-electron chi connectivity index (χ1n) is 3.18. The normalized spacial score (nSPS) is 10.7. The molecule has 0 fully saturated rings. The Labute approximate surface area is 57.3 Å². The highest BCUT2D eigenvalue weighted by Gasteiger charge is 1.66. The Kier molecular flexibility index (Phi) is 6.29. The largest absolute Gasteiger partial charge is 0.115 e. The fourth-order valence-corrected chi connectivity index (χ4v) is 0.478. The Balaban J connectivity index is 3.21. The van der Waals surface area contributed by atoms with Crippen LogP contribution in [0.3, 0.4) is 0 Å². The summed E-state index contributed by atoms with van der Waals surface area (Å²) < 4.78 is 0. The molecule has 0 saturated carbocycles. The summed E-state index contributed by atoms with van der Waals surface area (Å²) in [5.41, 5.74) is 0. The van der Waals surface area contributed by atoms with Gasteiger partial charge in [-0.2, -0.15) is 0 Å². The van der Waals surface area contributed by atoms with Crippen molar-refractivity contribution in [3.05, 3.63) is 24.3 Å². The van der Waals surface area contributed by atoms with E-state index in [-0.39, 0.29) is 0 Å². The van der Waals surface area contributed by atoms with Crippen molar-refractivity contribution in [1.82, 2.24) is 0 Å². The van der Waals surface area contributed by atoms with Crippen molar-refractivity contribution in [1.29, 1.82) is 0 Å².